The van der Waals surface area contributed by atoms with E-state index in [9.17, 15) is 9.59 Å². The smallest absolute Gasteiger partial charge is 0.230 e. The predicted molar refractivity (Wildman–Crippen MR) is 91.9 cm³/mol. The lowest BCUT2D eigenvalue weighted by Crippen LogP contribution is -2.38. The van der Waals surface area contributed by atoms with Gasteiger partial charge in [-0.1, -0.05) is 0 Å². The third kappa shape index (κ3) is 4.41. The summed E-state index contributed by atoms with van der Waals surface area (Å²) < 4.78 is 5.13. The van der Waals surface area contributed by atoms with Crippen LogP contribution in [0.1, 0.15) is 19.3 Å². The van der Waals surface area contributed by atoms with Gasteiger partial charge in [-0.05, 0) is 48.8 Å². The molecular weight excluding hydrogens is 312 g/mol. The molecule has 23 heavy (non-hydrogen) atoms. The summed E-state index contributed by atoms with van der Waals surface area (Å²) in [6, 6.07) is 7.31. The van der Waals surface area contributed by atoms with Crippen LogP contribution in [0.4, 0.5) is 5.69 Å². The molecule has 0 radical (unpaired) electrons. The monoisotopic (exact) mass is 334 g/mol. The molecule has 1 aromatic rings. The number of carbonyl (C=O) groups is 2. The highest BCUT2D eigenvalue weighted by molar-refractivity contribution is 7.99. The van der Waals surface area contributed by atoms with Crippen molar-refractivity contribution in [3.05, 3.63) is 24.3 Å². The molecule has 2 aliphatic rings. The Hall–Kier alpha value is -1.69. The number of anilines is 1. The lowest BCUT2D eigenvalue weighted by atomic mass is 10.2. The van der Waals surface area contributed by atoms with Gasteiger partial charge < -0.3 is 15.0 Å². The molecule has 1 aromatic carbocycles. The highest BCUT2D eigenvalue weighted by atomic mass is 32.2. The van der Waals surface area contributed by atoms with Crippen molar-refractivity contribution in [2.75, 3.05) is 30.1 Å². The maximum Gasteiger partial charge on any atom is 0.230 e. The molecule has 5 nitrogen and oxygen atoms in total. The molecule has 1 saturated heterocycles. The van der Waals surface area contributed by atoms with Crippen LogP contribution in [0.15, 0.2) is 24.3 Å². The number of methoxy groups -OCH3 is 1. The molecular formula is C17H22N2O3S. The normalized spacial score (nSPS) is 20.7. The van der Waals surface area contributed by atoms with Crippen LogP contribution in [0.3, 0.4) is 0 Å². The van der Waals surface area contributed by atoms with Gasteiger partial charge in [-0.2, -0.15) is 11.8 Å². The molecule has 0 bridgehead atoms. The van der Waals surface area contributed by atoms with Gasteiger partial charge >= 0.3 is 0 Å². The van der Waals surface area contributed by atoms with Crippen LogP contribution in [-0.2, 0) is 9.59 Å². The van der Waals surface area contributed by atoms with Crippen LogP contribution in [0.25, 0.3) is 0 Å². The zero-order valence-electron chi connectivity index (χ0n) is 13.3. The van der Waals surface area contributed by atoms with Crippen molar-refractivity contribution >= 4 is 29.3 Å². The SMILES string of the molecule is COc1ccc(N2C[C@H](NC(=O)CSCC3CC3)CC2=O)cc1. The summed E-state index contributed by atoms with van der Waals surface area (Å²) in [5.41, 5.74) is 0.843. The zero-order chi connectivity index (χ0) is 16.2. The predicted octanol–water partition coefficient (Wildman–Crippen LogP) is 2.06. The second-order valence-corrected chi connectivity index (χ2v) is 7.16. The highest BCUT2D eigenvalue weighted by Crippen LogP contribution is 2.32. The molecule has 3 rings (SSSR count). The number of carbonyl (C=O) groups excluding carboxylic acids is 2. The Balaban J connectivity index is 1.48. The minimum Gasteiger partial charge on any atom is -0.497 e. The van der Waals surface area contributed by atoms with Gasteiger partial charge in [0.25, 0.3) is 0 Å². The molecule has 0 spiro atoms. The fraction of sp³-hybridized carbons (Fsp3) is 0.529. The number of thioether (sulfide) groups is 1. The fourth-order valence-electron chi connectivity index (χ4n) is 2.69. The summed E-state index contributed by atoms with van der Waals surface area (Å²) in [5.74, 6) is 3.24. The first-order valence-corrected chi connectivity index (χ1v) is 9.12. The molecule has 1 aliphatic carbocycles. The summed E-state index contributed by atoms with van der Waals surface area (Å²) in [4.78, 5) is 25.9. The van der Waals surface area contributed by atoms with E-state index < -0.39 is 0 Å². The topological polar surface area (TPSA) is 58.6 Å². The lowest BCUT2D eigenvalue weighted by molar-refractivity contribution is -0.119. The van der Waals surface area contributed by atoms with Crippen LogP contribution >= 0.6 is 11.8 Å². The van der Waals surface area contributed by atoms with Gasteiger partial charge in [0.05, 0.1) is 18.9 Å². The molecule has 0 aromatic heterocycles. The third-order valence-corrected chi connectivity index (χ3v) is 5.33. The van der Waals surface area contributed by atoms with Crippen LogP contribution < -0.4 is 15.0 Å². The van der Waals surface area contributed by atoms with E-state index in [1.165, 1.54) is 12.8 Å². The van der Waals surface area contributed by atoms with Gasteiger partial charge in [-0.25, -0.2) is 0 Å². The van der Waals surface area contributed by atoms with Crippen LogP contribution in [0.5, 0.6) is 5.75 Å². The third-order valence-electron chi connectivity index (χ3n) is 4.16. The van der Waals surface area contributed by atoms with Gasteiger partial charge in [0.2, 0.25) is 11.8 Å². The Kier molecular flexibility index (Phi) is 5.10. The first kappa shape index (κ1) is 16.2. The Bertz CT molecular complexity index is 572. The van der Waals surface area contributed by atoms with E-state index in [4.69, 9.17) is 4.74 Å². The van der Waals surface area contributed by atoms with E-state index in [1.54, 1.807) is 23.8 Å². The van der Waals surface area contributed by atoms with Gasteiger partial charge in [0, 0.05) is 18.7 Å². The Morgan fingerprint density at radius 3 is 2.74 bits per heavy atom. The molecule has 1 N–H and O–H groups in total. The van der Waals surface area contributed by atoms with Crippen LogP contribution in [0, 0.1) is 5.92 Å². The molecule has 1 heterocycles. The van der Waals surface area contributed by atoms with E-state index in [-0.39, 0.29) is 17.9 Å². The highest BCUT2D eigenvalue weighted by Gasteiger charge is 2.31. The summed E-state index contributed by atoms with van der Waals surface area (Å²) >= 11 is 1.69. The summed E-state index contributed by atoms with van der Waals surface area (Å²) in [6.45, 7) is 0.532. The van der Waals surface area contributed by atoms with Crippen molar-refractivity contribution in [1.29, 1.82) is 0 Å². The number of hydrogen-bond donors (Lipinski definition) is 1. The molecule has 2 amide bonds. The largest absolute Gasteiger partial charge is 0.497 e. The van der Waals surface area contributed by atoms with Crippen molar-refractivity contribution < 1.29 is 14.3 Å². The molecule has 2 fully saturated rings. The van der Waals surface area contributed by atoms with Crippen molar-refractivity contribution in [2.24, 2.45) is 5.92 Å². The number of nitrogens with one attached hydrogen (secondary N) is 1. The van der Waals surface area contributed by atoms with E-state index >= 15 is 0 Å². The summed E-state index contributed by atoms with van der Waals surface area (Å²) in [7, 11) is 1.61. The number of benzene rings is 1. The number of amides is 2. The second kappa shape index (κ2) is 7.25. The first-order chi connectivity index (χ1) is 11.2. The quantitative estimate of drug-likeness (QED) is 0.829. The minimum absolute atomic E-state index is 0.0324. The lowest BCUT2D eigenvalue weighted by Gasteiger charge is -2.17. The first-order valence-electron chi connectivity index (χ1n) is 7.97. The second-order valence-electron chi connectivity index (χ2n) is 6.13. The van der Waals surface area contributed by atoms with Crippen molar-refractivity contribution in [3.8, 4) is 5.75 Å². The maximum absolute atomic E-state index is 12.2. The van der Waals surface area contributed by atoms with Crippen molar-refractivity contribution in [3.63, 3.8) is 0 Å². The van der Waals surface area contributed by atoms with Gasteiger partial charge in [0.15, 0.2) is 0 Å². The van der Waals surface area contributed by atoms with Gasteiger partial charge in [-0.15, -0.1) is 0 Å². The van der Waals surface area contributed by atoms with E-state index in [1.807, 2.05) is 24.3 Å². The number of hydrogen-bond acceptors (Lipinski definition) is 4. The minimum atomic E-state index is -0.0985. The Morgan fingerprint density at radius 2 is 2.09 bits per heavy atom. The number of rotatable bonds is 7. The summed E-state index contributed by atoms with van der Waals surface area (Å²) in [5, 5.41) is 2.98. The Morgan fingerprint density at radius 1 is 1.35 bits per heavy atom. The maximum atomic E-state index is 12.2. The average molecular weight is 334 g/mol. The standard InChI is InChI=1S/C17H22N2O3S/c1-22-15-6-4-14(5-7-15)19-9-13(8-17(19)21)18-16(20)11-23-10-12-2-3-12/h4-7,12-13H,2-3,8-11H2,1H3,(H,18,20)/t13-/m1/s1. The van der Waals surface area contributed by atoms with Crippen LogP contribution in [-0.4, -0.2) is 43.0 Å². The van der Waals surface area contributed by atoms with E-state index in [0.717, 1.165) is 23.1 Å². The molecule has 6 heteroatoms. The Labute approximate surface area is 140 Å². The number of nitrogens with zero attached hydrogens (tertiary/aromatic N) is 1. The average Bonchev–Trinajstić information content (AvgIpc) is 3.30. The van der Waals surface area contributed by atoms with Gasteiger partial charge in [0.1, 0.15) is 5.75 Å². The van der Waals surface area contributed by atoms with E-state index in [0.29, 0.717) is 18.7 Å². The molecule has 1 atom stereocenters. The van der Waals surface area contributed by atoms with Gasteiger partial charge in [-0.3, -0.25) is 9.59 Å². The van der Waals surface area contributed by atoms with Crippen LogP contribution in [0.2, 0.25) is 0 Å². The van der Waals surface area contributed by atoms with E-state index in [2.05, 4.69) is 5.32 Å². The van der Waals surface area contributed by atoms with Crippen molar-refractivity contribution in [1.82, 2.24) is 5.32 Å². The van der Waals surface area contributed by atoms with Crippen molar-refractivity contribution in [2.45, 2.75) is 25.3 Å². The fourth-order valence-corrected chi connectivity index (χ4v) is 3.74. The molecule has 1 saturated carbocycles. The molecule has 1 aliphatic heterocycles. The number of ether oxygens (including phenoxy) is 1. The molecule has 124 valence electrons. The summed E-state index contributed by atoms with van der Waals surface area (Å²) in [6.07, 6.45) is 2.98. The molecule has 0 unspecified atom stereocenters. The zero-order valence-corrected chi connectivity index (χ0v) is 14.1.